The lowest BCUT2D eigenvalue weighted by molar-refractivity contribution is 0.543. The van der Waals surface area contributed by atoms with Crippen molar-refractivity contribution in [2.75, 3.05) is 7.05 Å². The zero-order valence-electron chi connectivity index (χ0n) is 10.3. The summed E-state index contributed by atoms with van der Waals surface area (Å²) in [4.78, 5) is 1.20. The quantitative estimate of drug-likeness (QED) is 0.887. The average molecular weight is 267 g/mol. The number of halogens is 2. The lowest BCUT2D eigenvalue weighted by atomic mass is 10.0. The highest BCUT2D eigenvalue weighted by atomic mass is 32.1. The van der Waals surface area contributed by atoms with Crippen LogP contribution in [0, 0.1) is 18.6 Å². The number of thiophene rings is 1. The SMILES string of the molecule is CNC(Cc1ccc(F)cc1F)c1sccc1C. The van der Waals surface area contributed by atoms with Crippen molar-refractivity contribution < 1.29 is 8.78 Å². The summed E-state index contributed by atoms with van der Waals surface area (Å²) in [5.74, 6) is -1.02. The number of rotatable bonds is 4. The van der Waals surface area contributed by atoms with Gasteiger partial charge in [-0.3, -0.25) is 0 Å². The second-order valence-electron chi connectivity index (χ2n) is 4.25. The van der Waals surface area contributed by atoms with E-state index >= 15 is 0 Å². The second kappa shape index (κ2) is 5.59. The van der Waals surface area contributed by atoms with Crippen LogP contribution in [0.15, 0.2) is 29.6 Å². The molecule has 0 saturated heterocycles. The molecule has 1 unspecified atom stereocenters. The minimum atomic E-state index is -0.537. The first-order valence-electron chi connectivity index (χ1n) is 5.77. The zero-order chi connectivity index (χ0) is 13.1. The van der Waals surface area contributed by atoms with E-state index < -0.39 is 11.6 Å². The Hall–Kier alpha value is -1.26. The second-order valence-corrected chi connectivity index (χ2v) is 5.20. The van der Waals surface area contributed by atoms with Crippen LogP contribution in [0.5, 0.6) is 0 Å². The Morgan fingerprint density at radius 2 is 2.06 bits per heavy atom. The molecule has 1 aromatic heterocycles. The van der Waals surface area contributed by atoms with Crippen LogP contribution in [-0.4, -0.2) is 7.05 Å². The fraction of sp³-hybridized carbons (Fsp3) is 0.286. The van der Waals surface area contributed by atoms with Gasteiger partial charge in [-0.2, -0.15) is 0 Å². The third-order valence-electron chi connectivity index (χ3n) is 3.01. The molecule has 2 rings (SSSR count). The molecule has 0 aliphatic heterocycles. The van der Waals surface area contributed by atoms with Crippen LogP contribution >= 0.6 is 11.3 Å². The van der Waals surface area contributed by atoms with E-state index in [9.17, 15) is 8.78 Å². The van der Waals surface area contributed by atoms with Gasteiger partial charge in [0, 0.05) is 17.0 Å². The van der Waals surface area contributed by atoms with E-state index in [0.29, 0.717) is 12.0 Å². The van der Waals surface area contributed by atoms with E-state index in [1.54, 1.807) is 11.3 Å². The highest BCUT2D eigenvalue weighted by molar-refractivity contribution is 7.10. The number of likely N-dealkylation sites (N-methyl/N-ethyl adjacent to an activating group) is 1. The van der Waals surface area contributed by atoms with E-state index in [-0.39, 0.29) is 6.04 Å². The molecule has 0 radical (unpaired) electrons. The fourth-order valence-corrected chi connectivity index (χ4v) is 3.01. The summed E-state index contributed by atoms with van der Waals surface area (Å²) in [5.41, 5.74) is 1.73. The molecule has 0 amide bonds. The number of hydrogen-bond acceptors (Lipinski definition) is 2. The fourth-order valence-electron chi connectivity index (χ4n) is 1.97. The van der Waals surface area contributed by atoms with Crippen LogP contribution in [0.3, 0.4) is 0 Å². The highest BCUT2D eigenvalue weighted by Gasteiger charge is 2.16. The van der Waals surface area contributed by atoms with Gasteiger partial charge in [0.05, 0.1) is 0 Å². The first-order valence-corrected chi connectivity index (χ1v) is 6.65. The molecule has 0 aliphatic carbocycles. The van der Waals surface area contributed by atoms with Crippen LogP contribution in [-0.2, 0) is 6.42 Å². The van der Waals surface area contributed by atoms with Gasteiger partial charge in [-0.25, -0.2) is 8.78 Å². The van der Waals surface area contributed by atoms with Gasteiger partial charge >= 0.3 is 0 Å². The molecule has 0 fully saturated rings. The van der Waals surface area contributed by atoms with Crippen molar-refractivity contribution in [1.29, 1.82) is 0 Å². The average Bonchev–Trinajstić information content (AvgIpc) is 2.75. The van der Waals surface area contributed by atoms with Crippen LogP contribution in [0.1, 0.15) is 22.0 Å². The van der Waals surface area contributed by atoms with Gasteiger partial charge in [0.2, 0.25) is 0 Å². The molecule has 0 aliphatic rings. The summed E-state index contributed by atoms with van der Waals surface area (Å²) < 4.78 is 26.5. The van der Waals surface area contributed by atoms with Gasteiger partial charge < -0.3 is 5.32 Å². The Morgan fingerprint density at radius 1 is 1.28 bits per heavy atom. The minimum absolute atomic E-state index is 0.0601. The Morgan fingerprint density at radius 3 is 2.61 bits per heavy atom. The van der Waals surface area contributed by atoms with E-state index in [1.807, 2.05) is 25.4 Å². The van der Waals surface area contributed by atoms with Crippen LogP contribution < -0.4 is 5.32 Å². The molecule has 0 spiro atoms. The van der Waals surface area contributed by atoms with Gasteiger partial charge in [-0.05, 0) is 49.0 Å². The monoisotopic (exact) mass is 267 g/mol. The van der Waals surface area contributed by atoms with E-state index in [0.717, 1.165) is 6.07 Å². The van der Waals surface area contributed by atoms with E-state index in [4.69, 9.17) is 0 Å². The number of aryl methyl sites for hydroxylation is 1. The van der Waals surface area contributed by atoms with Crippen LogP contribution in [0.4, 0.5) is 8.78 Å². The normalized spacial score (nSPS) is 12.7. The van der Waals surface area contributed by atoms with Gasteiger partial charge in [0.1, 0.15) is 11.6 Å². The maximum atomic E-state index is 13.6. The number of nitrogens with one attached hydrogen (secondary N) is 1. The Labute approximate surface area is 109 Å². The topological polar surface area (TPSA) is 12.0 Å². The third kappa shape index (κ3) is 2.76. The largest absolute Gasteiger partial charge is 0.312 e. The van der Waals surface area contributed by atoms with Gasteiger partial charge in [-0.15, -0.1) is 11.3 Å². The van der Waals surface area contributed by atoms with Crippen molar-refractivity contribution in [1.82, 2.24) is 5.32 Å². The van der Waals surface area contributed by atoms with Crippen molar-refractivity contribution in [2.24, 2.45) is 0 Å². The molecule has 0 saturated carbocycles. The Balaban J connectivity index is 2.23. The standard InChI is InChI=1S/C14H15F2NS/c1-9-5-6-18-14(9)13(17-2)7-10-3-4-11(15)8-12(10)16/h3-6,8,13,17H,7H2,1-2H3. The summed E-state index contributed by atoms with van der Waals surface area (Å²) in [6.45, 7) is 2.04. The van der Waals surface area contributed by atoms with Crippen molar-refractivity contribution in [3.8, 4) is 0 Å². The molecular formula is C14H15F2NS. The molecule has 2 aromatic rings. The van der Waals surface area contributed by atoms with Gasteiger partial charge in [0.25, 0.3) is 0 Å². The lowest BCUT2D eigenvalue weighted by Gasteiger charge is -2.16. The molecular weight excluding hydrogens is 252 g/mol. The predicted octanol–water partition coefficient (Wildman–Crippen LogP) is 3.84. The van der Waals surface area contributed by atoms with E-state index in [1.165, 1.54) is 22.6 Å². The maximum Gasteiger partial charge on any atom is 0.129 e. The molecule has 1 aromatic carbocycles. The van der Waals surface area contributed by atoms with Crippen molar-refractivity contribution in [3.63, 3.8) is 0 Å². The summed E-state index contributed by atoms with van der Waals surface area (Å²) >= 11 is 1.65. The van der Waals surface area contributed by atoms with Crippen molar-refractivity contribution in [2.45, 2.75) is 19.4 Å². The van der Waals surface area contributed by atoms with Crippen LogP contribution in [0.25, 0.3) is 0 Å². The predicted molar refractivity (Wildman–Crippen MR) is 70.9 cm³/mol. The molecule has 96 valence electrons. The lowest BCUT2D eigenvalue weighted by Crippen LogP contribution is -2.19. The zero-order valence-corrected chi connectivity index (χ0v) is 11.2. The number of hydrogen-bond donors (Lipinski definition) is 1. The molecule has 4 heteroatoms. The molecule has 1 nitrogen and oxygen atoms in total. The first kappa shape index (κ1) is 13.2. The van der Waals surface area contributed by atoms with Gasteiger partial charge in [0.15, 0.2) is 0 Å². The molecule has 1 atom stereocenters. The van der Waals surface area contributed by atoms with Gasteiger partial charge in [-0.1, -0.05) is 6.07 Å². The maximum absolute atomic E-state index is 13.6. The Kier molecular flexibility index (Phi) is 4.09. The third-order valence-corrected chi connectivity index (χ3v) is 4.14. The van der Waals surface area contributed by atoms with Crippen molar-refractivity contribution in [3.05, 3.63) is 57.3 Å². The van der Waals surface area contributed by atoms with Crippen molar-refractivity contribution >= 4 is 11.3 Å². The Bertz CT molecular complexity index is 536. The summed E-state index contributed by atoms with van der Waals surface area (Å²) in [5, 5.41) is 5.21. The minimum Gasteiger partial charge on any atom is -0.312 e. The summed E-state index contributed by atoms with van der Waals surface area (Å²) in [6, 6.07) is 5.85. The molecule has 0 bridgehead atoms. The number of benzene rings is 1. The summed E-state index contributed by atoms with van der Waals surface area (Å²) in [7, 11) is 1.85. The molecule has 1 N–H and O–H groups in total. The van der Waals surface area contributed by atoms with Crippen LogP contribution in [0.2, 0.25) is 0 Å². The summed E-state index contributed by atoms with van der Waals surface area (Å²) in [6.07, 6.45) is 0.518. The highest BCUT2D eigenvalue weighted by Crippen LogP contribution is 2.27. The van der Waals surface area contributed by atoms with E-state index in [2.05, 4.69) is 5.32 Å². The molecule has 18 heavy (non-hydrogen) atoms. The molecule has 1 heterocycles. The first-order chi connectivity index (χ1) is 8.61. The smallest absolute Gasteiger partial charge is 0.129 e.